The third-order valence-corrected chi connectivity index (χ3v) is 6.34. The Balaban J connectivity index is 1.26. The van der Waals surface area contributed by atoms with Crippen molar-refractivity contribution in [3.63, 3.8) is 0 Å². The molecule has 2 aromatic carbocycles. The third-order valence-electron chi connectivity index (χ3n) is 6.34. The van der Waals surface area contributed by atoms with E-state index in [2.05, 4.69) is 20.8 Å². The first-order valence-electron chi connectivity index (χ1n) is 13.0. The number of pyridine rings is 1. The SMILES string of the molecule is Cc1cc(=O)n(-c2cccc(C(F)(F)F)c2)nc1C(=O)Nc1ccc(Oc2ccnc(C(=O)NN3CCOCC3)c2)cc1. The van der Waals surface area contributed by atoms with Gasteiger partial charge in [-0.15, -0.1) is 0 Å². The molecule has 1 aliphatic rings. The number of aryl methyl sites for hydroxylation is 1. The molecule has 2 amide bonds. The van der Waals surface area contributed by atoms with Gasteiger partial charge < -0.3 is 14.8 Å². The van der Waals surface area contributed by atoms with E-state index in [-0.39, 0.29) is 28.5 Å². The van der Waals surface area contributed by atoms with E-state index in [1.807, 2.05) is 0 Å². The summed E-state index contributed by atoms with van der Waals surface area (Å²) in [4.78, 5) is 42.2. The Hall–Kier alpha value is -5.08. The number of ether oxygens (including phenoxy) is 2. The average molecular weight is 595 g/mol. The maximum Gasteiger partial charge on any atom is 0.416 e. The second kappa shape index (κ2) is 12.4. The summed E-state index contributed by atoms with van der Waals surface area (Å²) in [6.45, 7) is 3.69. The molecule has 14 heteroatoms. The fourth-order valence-corrected chi connectivity index (χ4v) is 4.17. The van der Waals surface area contributed by atoms with E-state index >= 15 is 0 Å². The number of alkyl halides is 3. The minimum absolute atomic E-state index is 0.131. The fourth-order valence-electron chi connectivity index (χ4n) is 4.17. The van der Waals surface area contributed by atoms with Crippen LogP contribution in [-0.2, 0) is 10.9 Å². The number of amides is 2. The minimum Gasteiger partial charge on any atom is -0.457 e. The summed E-state index contributed by atoms with van der Waals surface area (Å²) in [7, 11) is 0. The first-order valence-corrected chi connectivity index (χ1v) is 13.0. The lowest BCUT2D eigenvalue weighted by atomic mass is 10.2. The van der Waals surface area contributed by atoms with Crippen LogP contribution in [0.25, 0.3) is 5.69 Å². The van der Waals surface area contributed by atoms with Crippen molar-refractivity contribution < 1.29 is 32.2 Å². The lowest BCUT2D eigenvalue weighted by molar-refractivity contribution is -0.137. The molecule has 0 aliphatic carbocycles. The van der Waals surface area contributed by atoms with Crippen molar-refractivity contribution >= 4 is 17.5 Å². The standard InChI is InChI=1S/C29H25F3N6O5/c1-18-15-25(39)38(21-4-2-3-19(16-21)29(30,31)32)35-26(18)28(41)34-20-5-7-22(8-6-20)43-23-9-10-33-24(17-23)27(40)36-37-11-13-42-14-12-37/h2-10,15-17H,11-14H2,1H3,(H,34,41)(H,36,40). The molecular formula is C29H25F3N6O5. The number of hydrogen-bond donors (Lipinski definition) is 2. The summed E-state index contributed by atoms with van der Waals surface area (Å²) in [6.07, 6.45) is -3.16. The van der Waals surface area contributed by atoms with Crippen LogP contribution in [0.3, 0.4) is 0 Å². The van der Waals surface area contributed by atoms with Crippen LogP contribution in [0.4, 0.5) is 18.9 Å². The molecule has 3 heterocycles. The zero-order valence-corrected chi connectivity index (χ0v) is 22.7. The van der Waals surface area contributed by atoms with Crippen LogP contribution in [-0.4, -0.2) is 57.9 Å². The predicted octanol–water partition coefficient (Wildman–Crippen LogP) is 3.98. The van der Waals surface area contributed by atoms with Crippen LogP contribution in [0.2, 0.25) is 0 Å². The number of aromatic nitrogens is 3. The molecule has 0 atom stereocenters. The predicted molar refractivity (Wildman–Crippen MR) is 148 cm³/mol. The van der Waals surface area contributed by atoms with Gasteiger partial charge in [0.15, 0.2) is 5.69 Å². The number of nitrogens with one attached hydrogen (secondary N) is 2. The number of carbonyl (C=O) groups is 2. The Morgan fingerprint density at radius 3 is 2.42 bits per heavy atom. The molecule has 0 radical (unpaired) electrons. The number of nitrogens with zero attached hydrogens (tertiary/aromatic N) is 4. The maximum absolute atomic E-state index is 13.2. The number of rotatable bonds is 7. The molecule has 43 heavy (non-hydrogen) atoms. The number of morpholine rings is 1. The van der Waals surface area contributed by atoms with Crippen molar-refractivity contribution in [1.29, 1.82) is 0 Å². The Morgan fingerprint density at radius 1 is 0.953 bits per heavy atom. The molecule has 2 aromatic heterocycles. The van der Waals surface area contributed by atoms with Crippen LogP contribution in [0.1, 0.15) is 32.1 Å². The summed E-state index contributed by atoms with van der Waals surface area (Å²) in [5, 5.41) is 8.46. The van der Waals surface area contributed by atoms with E-state index in [0.29, 0.717) is 43.5 Å². The number of anilines is 1. The van der Waals surface area contributed by atoms with Crippen LogP contribution in [0.5, 0.6) is 11.5 Å². The smallest absolute Gasteiger partial charge is 0.416 e. The number of hydrazine groups is 1. The Bertz CT molecular complexity index is 1700. The molecular weight excluding hydrogens is 569 g/mol. The van der Waals surface area contributed by atoms with Gasteiger partial charge in [0.2, 0.25) is 0 Å². The Morgan fingerprint density at radius 2 is 1.70 bits per heavy atom. The average Bonchev–Trinajstić information content (AvgIpc) is 2.98. The van der Waals surface area contributed by atoms with E-state index in [1.165, 1.54) is 25.3 Å². The zero-order chi connectivity index (χ0) is 30.6. The molecule has 4 aromatic rings. The van der Waals surface area contributed by atoms with Gasteiger partial charge >= 0.3 is 6.18 Å². The third kappa shape index (κ3) is 7.23. The van der Waals surface area contributed by atoms with Gasteiger partial charge in [-0.2, -0.15) is 23.0 Å². The van der Waals surface area contributed by atoms with Gasteiger partial charge in [-0.05, 0) is 61.0 Å². The topological polar surface area (TPSA) is 128 Å². The van der Waals surface area contributed by atoms with Crippen molar-refractivity contribution in [2.24, 2.45) is 0 Å². The van der Waals surface area contributed by atoms with E-state index in [0.717, 1.165) is 28.9 Å². The van der Waals surface area contributed by atoms with Crippen LogP contribution in [0.15, 0.2) is 77.7 Å². The normalized spacial score (nSPS) is 13.8. The summed E-state index contributed by atoms with van der Waals surface area (Å²) in [5.41, 5.74) is 1.66. The van der Waals surface area contributed by atoms with Crippen LogP contribution in [0, 0.1) is 6.92 Å². The first-order chi connectivity index (χ1) is 20.6. The van der Waals surface area contributed by atoms with Gasteiger partial charge in [-0.3, -0.25) is 24.8 Å². The molecule has 0 saturated carbocycles. The molecule has 222 valence electrons. The second-order valence-electron chi connectivity index (χ2n) is 9.47. The number of halogens is 3. The zero-order valence-electron chi connectivity index (χ0n) is 22.7. The Kier molecular flexibility index (Phi) is 8.50. The fraction of sp³-hybridized carbons (Fsp3) is 0.207. The van der Waals surface area contributed by atoms with Crippen molar-refractivity contribution in [3.8, 4) is 17.2 Å². The largest absolute Gasteiger partial charge is 0.457 e. The Labute approximate surface area is 242 Å². The second-order valence-corrected chi connectivity index (χ2v) is 9.47. The van der Waals surface area contributed by atoms with Crippen LogP contribution < -0.4 is 21.0 Å². The lowest BCUT2D eigenvalue weighted by Gasteiger charge is -2.26. The molecule has 0 bridgehead atoms. The van der Waals surface area contributed by atoms with Crippen LogP contribution >= 0.6 is 0 Å². The minimum atomic E-state index is -4.61. The molecule has 11 nitrogen and oxygen atoms in total. The number of hydrogen-bond acceptors (Lipinski definition) is 8. The van der Waals surface area contributed by atoms with Crippen molar-refractivity contribution in [2.75, 3.05) is 31.6 Å². The van der Waals surface area contributed by atoms with Crippen molar-refractivity contribution in [1.82, 2.24) is 25.2 Å². The van der Waals surface area contributed by atoms with Crippen molar-refractivity contribution in [2.45, 2.75) is 13.1 Å². The first kappa shape index (κ1) is 29.4. The number of benzene rings is 2. The molecule has 1 fully saturated rings. The van der Waals surface area contributed by atoms with Crippen molar-refractivity contribution in [3.05, 3.63) is 106 Å². The molecule has 0 spiro atoms. The van der Waals surface area contributed by atoms with Gasteiger partial charge in [-0.25, -0.2) is 5.01 Å². The maximum atomic E-state index is 13.2. The summed E-state index contributed by atoms with van der Waals surface area (Å²) >= 11 is 0. The molecule has 1 saturated heterocycles. The highest BCUT2D eigenvalue weighted by atomic mass is 19.4. The highest BCUT2D eigenvalue weighted by Crippen LogP contribution is 2.30. The quantitative estimate of drug-likeness (QED) is 0.329. The summed E-state index contributed by atoms with van der Waals surface area (Å²) in [5.74, 6) is -0.266. The van der Waals surface area contributed by atoms with Gasteiger partial charge in [0, 0.05) is 37.1 Å². The van der Waals surface area contributed by atoms with Gasteiger partial charge in [0.05, 0.1) is 24.5 Å². The summed E-state index contributed by atoms with van der Waals surface area (Å²) < 4.78 is 51.4. The highest BCUT2D eigenvalue weighted by molar-refractivity contribution is 6.03. The molecule has 1 aliphatic heterocycles. The molecule has 2 N–H and O–H groups in total. The van der Waals surface area contributed by atoms with E-state index < -0.39 is 23.2 Å². The van der Waals surface area contributed by atoms with E-state index in [9.17, 15) is 27.6 Å². The lowest BCUT2D eigenvalue weighted by Crippen LogP contribution is -2.48. The van der Waals surface area contributed by atoms with Gasteiger partial charge in [-0.1, -0.05) is 6.07 Å². The molecule has 5 rings (SSSR count). The number of carbonyl (C=O) groups excluding carboxylic acids is 2. The monoisotopic (exact) mass is 594 g/mol. The molecule has 0 unspecified atom stereocenters. The summed E-state index contributed by atoms with van der Waals surface area (Å²) in [6, 6.07) is 14.6. The highest BCUT2D eigenvalue weighted by Gasteiger charge is 2.30. The van der Waals surface area contributed by atoms with Gasteiger partial charge in [0.25, 0.3) is 17.4 Å². The van der Waals surface area contributed by atoms with Gasteiger partial charge in [0.1, 0.15) is 17.2 Å². The van der Waals surface area contributed by atoms with E-state index in [1.54, 1.807) is 35.3 Å². The van der Waals surface area contributed by atoms with E-state index in [4.69, 9.17) is 9.47 Å².